The molecule has 1 unspecified atom stereocenters. The van der Waals surface area contributed by atoms with Crippen LogP contribution in [0.15, 0.2) is 18.2 Å². The smallest absolute Gasteiger partial charge is 0.124 e. The van der Waals surface area contributed by atoms with Gasteiger partial charge in [-0.2, -0.15) is 0 Å². The van der Waals surface area contributed by atoms with Gasteiger partial charge >= 0.3 is 0 Å². The molecule has 4 N–H and O–H groups in total. The molecule has 1 aliphatic heterocycles. The monoisotopic (exact) mass is 279 g/mol. The van der Waals surface area contributed by atoms with Gasteiger partial charge in [0.2, 0.25) is 0 Å². The molecular weight excluding hydrogens is 257 g/mol. The highest BCUT2D eigenvalue weighted by Crippen LogP contribution is 2.22. The third-order valence-corrected chi connectivity index (χ3v) is 3.99. The molecule has 0 aromatic heterocycles. The number of hydrogen-bond donors (Lipinski definition) is 3. The van der Waals surface area contributed by atoms with Crippen molar-refractivity contribution < 1.29 is 9.50 Å². The van der Waals surface area contributed by atoms with Crippen molar-refractivity contribution >= 4 is 5.84 Å². The number of piperidine rings is 1. The number of hydrogen-bond acceptors (Lipinski definition) is 3. The molecule has 0 amide bonds. The lowest BCUT2D eigenvalue weighted by molar-refractivity contribution is 0.0695. The first-order valence-electron chi connectivity index (χ1n) is 7.00. The number of rotatable bonds is 4. The number of benzene rings is 1. The Morgan fingerprint density at radius 1 is 1.45 bits per heavy atom. The molecule has 110 valence electrons. The van der Waals surface area contributed by atoms with Gasteiger partial charge in [0.05, 0.1) is 6.10 Å². The van der Waals surface area contributed by atoms with Crippen LogP contribution in [0, 0.1) is 17.1 Å². The van der Waals surface area contributed by atoms with E-state index >= 15 is 0 Å². The van der Waals surface area contributed by atoms with Gasteiger partial charge in [0.25, 0.3) is 0 Å². The number of amidine groups is 1. The number of nitrogen functional groups attached to an aromatic ring is 1. The van der Waals surface area contributed by atoms with Crippen LogP contribution in [0.5, 0.6) is 0 Å². The molecule has 0 radical (unpaired) electrons. The second kappa shape index (κ2) is 6.33. The average Bonchev–Trinajstić information content (AvgIpc) is 2.38. The van der Waals surface area contributed by atoms with E-state index in [0.29, 0.717) is 18.0 Å². The zero-order valence-electron chi connectivity index (χ0n) is 11.8. The van der Waals surface area contributed by atoms with Crippen molar-refractivity contribution in [1.82, 2.24) is 4.90 Å². The lowest BCUT2D eigenvalue weighted by Gasteiger charge is -2.33. The number of nitrogens with two attached hydrogens (primary N) is 1. The standard InChI is InChI=1S/C15H22FN3O/c1-10(20)12-2-4-19(5-3-12)9-11-6-13(15(17)18)8-14(16)7-11/h6-8,10,12,20H,2-5,9H2,1H3,(H3,17,18). The van der Waals surface area contributed by atoms with Gasteiger partial charge in [-0.25, -0.2) is 4.39 Å². The van der Waals surface area contributed by atoms with Crippen LogP contribution < -0.4 is 5.73 Å². The van der Waals surface area contributed by atoms with Gasteiger partial charge in [-0.3, -0.25) is 10.3 Å². The van der Waals surface area contributed by atoms with Gasteiger partial charge in [-0.15, -0.1) is 0 Å². The summed E-state index contributed by atoms with van der Waals surface area (Å²) in [6.45, 7) is 4.31. The Morgan fingerprint density at radius 2 is 2.10 bits per heavy atom. The van der Waals surface area contributed by atoms with Gasteiger partial charge in [-0.1, -0.05) is 0 Å². The Hall–Kier alpha value is -1.46. The van der Waals surface area contributed by atoms with E-state index in [1.807, 2.05) is 6.92 Å². The van der Waals surface area contributed by atoms with Crippen LogP contribution in [-0.4, -0.2) is 35.0 Å². The van der Waals surface area contributed by atoms with Gasteiger partial charge in [0.1, 0.15) is 11.7 Å². The van der Waals surface area contributed by atoms with E-state index in [4.69, 9.17) is 11.1 Å². The SMILES string of the molecule is CC(O)C1CCN(Cc2cc(F)cc(C(=N)N)c2)CC1. The molecule has 0 spiro atoms. The largest absolute Gasteiger partial charge is 0.393 e. The summed E-state index contributed by atoms with van der Waals surface area (Å²) in [6.07, 6.45) is 1.68. The molecule has 4 nitrogen and oxygen atoms in total. The number of halogens is 1. The number of aliphatic hydroxyl groups excluding tert-OH is 1. The van der Waals surface area contributed by atoms with E-state index in [0.717, 1.165) is 31.5 Å². The van der Waals surface area contributed by atoms with Crippen molar-refractivity contribution in [2.75, 3.05) is 13.1 Å². The minimum atomic E-state index is -0.355. The molecule has 2 rings (SSSR count). The summed E-state index contributed by atoms with van der Waals surface area (Å²) in [5, 5.41) is 17.0. The minimum absolute atomic E-state index is 0.112. The second-order valence-electron chi connectivity index (χ2n) is 5.62. The third-order valence-electron chi connectivity index (χ3n) is 3.99. The van der Waals surface area contributed by atoms with Crippen LogP contribution in [0.4, 0.5) is 4.39 Å². The Labute approximate surface area is 118 Å². The zero-order chi connectivity index (χ0) is 14.7. The molecule has 1 aliphatic rings. The molecule has 20 heavy (non-hydrogen) atoms. The Kier molecular flexibility index (Phi) is 4.73. The van der Waals surface area contributed by atoms with Crippen molar-refractivity contribution in [2.45, 2.75) is 32.4 Å². The molecule has 0 saturated carbocycles. The van der Waals surface area contributed by atoms with Crippen molar-refractivity contribution in [1.29, 1.82) is 5.41 Å². The molecule has 1 saturated heterocycles. The molecule has 1 aromatic carbocycles. The highest BCUT2D eigenvalue weighted by molar-refractivity contribution is 5.95. The first-order chi connectivity index (χ1) is 9.45. The summed E-state index contributed by atoms with van der Waals surface area (Å²) in [6, 6.07) is 4.55. The molecule has 5 heteroatoms. The number of aliphatic hydroxyl groups is 1. The molecular formula is C15H22FN3O. The lowest BCUT2D eigenvalue weighted by atomic mass is 9.92. The topological polar surface area (TPSA) is 73.3 Å². The zero-order valence-corrected chi connectivity index (χ0v) is 11.8. The van der Waals surface area contributed by atoms with E-state index in [1.54, 1.807) is 6.07 Å². The molecule has 1 atom stereocenters. The lowest BCUT2D eigenvalue weighted by Crippen LogP contribution is -2.36. The molecule has 1 heterocycles. The summed E-state index contributed by atoms with van der Waals surface area (Å²) in [4.78, 5) is 2.25. The number of nitrogens with one attached hydrogen (secondary N) is 1. The first-order valence-corrected chi connectivity index (χ1v) is 7.00. The summed E-state index contributed by atoms with van der Waals surface area (Å²) in [5.41, 5.74) is 6.68. The Bertz CT molecular complexity index is 482. The third kappa shape index (κ3) is 3.77. The molecule has 1 fully saturated rings. The van der Waals surface area contributed by atoms with Crippen LogP contribution in [0.1, 0.15) is 30.9 Å². The quantitative estimate of drug-likeness (QED) is 0.580. The molecule has 1 aromatic rings. The maximum absolute atomic E-state index is 13.5. The minimum Gasteiger partial charge on any atom is -0.393 e. The van der Waals surface area contributed by atoms with Gasteiger partial charge < -0.3 is 10.8 Å². The number of nitrogens with zero attached hydrogens (tertiary/aromatic N) is 1. The van der Waals surface area contributed by atoms with Crippen LogP contribution in [0.25, 0.3) is 0 Å². The predicted octanol–water partition coefficient (Wildman–Crippen LogP) is 1.70. The van der Waals surface area contributed by atoms with E-state index < -0.39 is 0 Å². The summed E-state index contributed by atoms with van der Waals surface area (Å²) >= 11 is 0. The van der Waals surface area contributed by atoms with Crippen LogP contribution >= 0.6 is 0 Å². The van der Waals surface area contributed by atoms with Crippen LogP contribution in [0.2, 0.25) is 0 Å². The normalized spacial score (nSPS) is 18.9. The highest BCUT2D eigenvalue weighted by atomic mass is 19.1. The fraction of sp³-hybridized carbons (Fsp3) is 0.533. The average molecular weight is 279 g/mol. The van der Waals surface area contributed by atoms with E-state index in [2.05, 4.69) is 4.90 Å². The van der Waals surface area contributed by atoms with E-state index in [1.165, 1.54) is 12.1 Å². The summed E-state index contributed by atoms with van der Waals surface area (Å²) in [5.74, 6) is -0.100. The second-order valence-corrected chi connectivity index (χ2v) is 5.62. The molecule has 0 aliphatic carbocycles. The van der Waals surface area contributed by atoms with Crippen LogP contribution in [-0.2, 0) is 6.54 Å². The van der Waals surface area contributed by atoms with Crippen molar-refractivity contribution in [2.24, 2.45) is 11.7 Å². The van der Waals surface area contributed by atoms with Crippen molar-refractivity contribution in [3.05, 3.63) is 35.1 Å². The highest BCUT2D eigenvalue weighted by Gasteiger charge is 2.22. The Balaban J connectivity index is 1.99. The summed E-state index contributed by atoms with van der Waals surface area (Å²) in [7, 11) is 0. The summed E-state index contributed by atoms with van der Waals surface area (Å²) < 4.78 is 13.5. The van der Waals surface area contributed by atoms with Crippen molar-refractivity contribution in [3.63, 3.8) is 0 Å². The van der Waals surface area contributed by atoms with Gasteiger partial charge in [-0.05, 0) is 62.5 Å². The maximum Gasteiger partial charge on any atom is 0.124 e. The number of likely N-dealkylation sites (tertiary alicyclic amines) is 1. The van der Waals surface area contributed by atoms with E-state index in [-0.39, 0.29) is 17.8 Å². The van der Waals surface area contributed by atoms with Gasteiger partial charge in [0, 0.05) is 12.1 Å². The predicted molar refractivity (Wildman–Crippen MR) is 77.1 cm³/mol. The fourth-order valence-corrected chi connectivity index (χ4v) is 2.75. The maximum atomic E-state index is 13.5. The van der Waals surface area contributed by atoms with Crippen LogP contribution in [0.3, 0.4) is 0 Å². The molecule has 0 bridgehead atoms. The van der Waals surface area contributed by atoms with Crippen molar-refractivity contribution in [3.8, 4) is 0 Å². The fourth-order valence-electron chi connectivity index (χ4n) is 2.75. The first kappa shape index (κ1) is 14.9. The van der Waals surface area contributed by atoms with Gasteiger partial charge in [0.15, 0.2) is 0 Å². The Morgan fingerprint density at radius 3 is 2.65 bits per heavy atom. The van der Waals surface area contributed by atoms with E-state index in [9.17, 15) is 9.50 Å².